The topological polar surface area (TPSA) is 67.4 Å². The van der Waals surface area contributed by atoms with Gasteiger partial charge in [0.05, 0.1) is 18.7 Å². The summed E-state index contributed by atoms with van der Waals surface area (Å²) in [6.45, 7) is 2.21. The van der Waals surface area contributed by atoms with Gasteiger partial charge in [-0.15, -0.1) is 11.8 Å². The van der Waals surface area contributed by atoms with Crippen molar-refractivity contribution in [2.75, 3.05) is 24.7 Å². The van der Waals surface area contributed by atoms with Crippen molar-refractivity contribution < 1.29 is 14.3 Å². The van der Waals surface area contributed by atoms with E-state index in [4.69, 9.17) is 4.74 Å². The van der Waals surface area contributed by atoms with Crippen LogP contribution in [0, 0.1) is 0 Å². The molecule has 2 aromatic carbocycles. The van der Waals surface area contributed by atoms with E-state index < -0.39 is 0 Å². The van der Waals surface area contributed by atoms with Crippen molar-refractivity contribution in [3.05, 3.63) is 54.1 Å². The molecule has 0 bridgehead atoms. The number of carbonyl (C=O) groups is 2. The number of amides is 2. The summed E-state index contributed by atoms with van der Waals surface area (Å²) in [5.41, 5.74) is 1.11. The molecule has 0 fully saturated rings. The van der Waals surface area contributed by atoms with Gasteiger partial charge in [-0.1, -0.05) is 12.1 Å². The van der Waals surface area contributed by atoms with Crippen LogP contribution in [0.25, 0.3) is 0 Å². The first kappa shape index (κ1) is 17.9. The molecule has 0 spiro atoms. The predicted molar refractivity (Wildman–Crippen MR) is 96.8 cm³/mol. The first-order valence-electron chi connectivity index (χ1n) is 7.58. The van der Waals surface area contributed by atoms with E-state index in [2.05, 4.69) is 10.6 Å². The van der Waals surface area contributed by atoms with Crippen molar-refractivity contribution in [1.82, 2.24) is 5.32 Å². The van der Waals surface area contributed by atoms with Crippen LogP contribution in [0.3, 0.4) is 0 Å². The summed E-state index contributed by atoms with van der Waals surface area (Å²) in [6, 6.07) is 14.5. The molecule has 0 radical (unpaired) electrons. The molecule has 0 saturated heterocycles. The van der Waals surface area contributed by atoms with Crippen LogP contribution in [0.1, 0.15) is 17.3 Å². The first-order valence-corrected chi connectivity index (χ1v) is 8.80. The molecule has 24 heavy (non-hydrogen) atoms. The molecule has 0 unspecified atom stereocenters. The number of thioether (sulfide) groups is 1. The molecular weight excluding hydrogens is 324 g/mol. The van der Waals surface area contributed by atoms with E-state index in [1.807, 2.05) is 37.4 Å². The number of hydrogen-bond donors (Lipinski definition) is 2. The van der Waals surface area contributed by atoms with Gasteiger partial charge in [-0.25, -0.2) is 0 Å². The van der Waals surface area contributed by atoms with Crippen LogP contribution >= 0.6 is 11.8 Å². The molecular formula is C18H20N2O3S. The maximum Gasteiger partial charge on any atom is 0.255 e. The van der Waals surface area contributed by atoms with Crippen molar-refractivity contribution in [2.24, 2.45) is 0 Å². The van der Waals surface area contributed by atoms with Gasteiger partial charge < -0.3 is 15.4 Å². The van der Waals surface area contributed by atoms with Gasteiger partial charge in [0.25, 0.3) is 5.91 Å². The lowest BCUT2D eigenvalue weighted by molar-refractivity contribution is -0.115. The summed E-state index contributed by atoms with van der Waals surface area (Å²) in [7, 11) is 0. The van der Waals surface area contributed by atoms with Crippen LogP contribution in [0.4, 0.5) is 5.69 Å². The fourth-order valence-electron chi connectivity index (χ4n) is 2.07. The van der Waals surface area contributed by atoms with Crippen LogP contribution in [-0.4, -0.2) is 31.2 Å². The minimum absolute atomic E-state index is 0.108. The SMILES string of the molecule is CCOc1ccccc1C(=O)NCC(=O)Nc1ccc(SC)cc1. The summed E-state index contributed by atoms with van der Waals surface area (Å²) < 4.78 is 5.42. The highest BCUT2D eigenvalue weighted by atomic mass is 32.2. The zero-order chi connectivity index (χ0) is 17.4. The maximum absolute atomic E-state index is 12.2. The number of rotatable bonds is 7. The average Bonchev–Trinajstić information content (AvgIpc) is 2.61. The third-order valence-electron chi connectivity index (χ3n) is 3.21. The van der Waals surface area contributed by atoms with Gasteiger partial charge in [0.1, 0.15) is 5.75 Å². The zero-order valence-corrected chi connectivity index (χ0v) is 14.5. The third-order valence-corrected chi connectivity index (χ3v) is 3.96. The molecule has 0 aliphatic carbocycles. The Labute approximate surface area is 145 Å². The summed E-state index contributed by atoms with van der Waals surface area (Å²) in [5, 5.41) is 5.35. The van der Waals surface area contributed by atoms with Crippen LogP contribution in [0.2, 0.25) is 0 Å². The molecule has 0 aliphatic heterocycles. The Kier molecular flexibility index (Phi) is 6.69. The molecule has 126 valence electrons. The molecule has 6 heteroatoms. The molecule has 0 aliphatic rings. The second kappa shape index (κ2) is 8.98. The first-order chi connectivity index (χ1) is 11.6. The lowest BCUT2D eigenvalue weighted by Gasteiger charge is -2.10. The Morgan fingerprint density at radius 1 is 1.08 bits per heavy atom. The van der Waals surface area contributed by atoms with Crippen molar-refractivity contribution in [2.45, 2.75) is 11.8 Å². The molecule has 0 atom stereocenters. The van der Waals surface area contributed by atoms with Gasteiger partial charge in [0, 0.05) is 10.6 Å². The van der Waals surface area contributed by atoms with Gasteiger partial charge in [-0.3, -0.25) is 9.59 Å². The summed E-state index contributed by atoms with van der Waals surface area (Å²) in [5.74, 6) is -0.119. The molecule has 2 N–H and O–H groups in total. The second-order valence-corrected chi connectivity index (χ2v) is 5.77. The van der Waals surface area contributed by atoms with E-state index in [0.29, 0.717) is 23.6 Å². The van der Waals surface area contributed by atoms with Gasteiger partial charge in [-0.05, 0) is 49.6 Å². The fourth-order valence-corrected chi connectivity index (χ4v) is 2.48. The van der Waals surface area contributed by atoms with E-state index in [1.165, 1.54) is 0 Å². The standard InChI is InChI=1S/C18H20N2O3S/c1-3-23-16-7-5-4-6-15(16)18(22)19-12-17(21)20-13-8-10-14(24-2)11-9-13/h4-11H,3,12H2,1-2H3,(H,19,22)(H,20,21). The average molecular weight is 344 g/mol. The highest BCUT2D eigenvalue weighted by Crippen LogP contribution is 2.18. The lowest BCUT2D eigenvalue weighted by Crippen LogP contribution is -2.33. The number of anilines is 1. The Bertz CT molecular complexity index is 702. The van der Waals surface area contributed by atoms with Gasteiger partial charge in [-0.2, -0.15) is 0 Å². The van der Waals surface area contributed by atoms with Crippen LogP contribution in [0.15, 0.2) is 53.4 Å². The molecule has 0 saturated carbocycles. The van der Waals surface area contributed by atoms with Crippen molar-refractivity contribution in [3.8, 4) is 5.75 Å². The Hall–Kier alpha value is -2.47. The van der Waals surface area contributed by atoms with E-state index in [9.17, 15) is 9.59 Å². The summed E-state index contributed by atoms with van der Waals surface area (Å²) in [4.78, 5) is 25.3. The lowest BCUT2D eigenvalue weighted by atomic mass is 10.2. The Morgan fingerprint density at radius 3 is 2.46 bits per heavy atom. The summed E-state index contributed by atoms with van der Waals surface area (Å²) in [6.07, 6.45) is 1.99. The number of benzene rings is 2. The monoisotopic (exact) mass is 344 g/mol. The van der Waals surface area contributed by atoms with E-state index >= 15 is 0 Å². The number of nitrogens with one attached hydrogen (secondary N) is 2. The molecule has 2 amide bonds. The molecule has 2 aromatic rings. The van der Waals surface area contributed by atoms with Crippen molar-refractivity contribution in [3.63, 3.8) is 0 Å². The van der Waals surface area contributed by atoms with Gasteiger partial charge in [0.15, 0.2) is 0 Å². The number of ether oxygens (including phenoxy) is 1. The maximum atomic E-state index is 12.2. The van der Waals surface area contributed by atoms with Crippen molar-refractivity contribution >= 4 is 29.3 Å². The molecule has 5 nitrogen and oxygen atoms in total. The minimum atomic E-state index is -0.341. The third kappa shape index (κ3) is 5.03. The minimum Gasteiger partial charge on any atom is -0.493 e. The smallest absolute Gasteiger partial charge is 0.255 e. The highest BCUT2D eigenvalue weighted by Gasteiger charge is 2.13. The van der Waals surface area contributed by atoms with E-state index in [1.54, 1.807) is 36.0 Å². The fraction of sp³-hybridized carbons (Fsp3) is 0.222. The van der Waals surface area contributed by atoms with Crippen LogP contribution in [-0.2, 0) is 4.79 Å². The van der Waals surface area contributed by atoms with Crippen molar-refractivity contribution in [1.29, 1.82) is 0 Å². The van der Waals surface area contributed by atoms with Gasteiger partial charge in [0.2, 0.25) is 5.91 Å². The second-order valence-electron chi connectivity index (χ2n) is 4.89. The number of para-hydroxylation sites is 1. The normalized spacial score (nSPS) is 10.1. The largest absolute Gasteiger partial charge is 0.493 e. The predicted octanol–water partition coefficient (Wildman–Crippen LogP) is 3.18. The van der Waals surface area contributed by atoms with E-state index in [-0.39, 0.29) is 18.4 Å². The van der Waals surface area contributed by atoms with Gasteiger partial charge >= 0.3 is 0 Å². The Balaban J connectivity index is 1.90. The Morgan fingerprint density at radius 2 is 1.79 bits per heavy atom. The molecule has 0 aromatic heterocycles. The summed E-state index contributed by atoms with van der Waals surface area (Å²) >= 11 is 1.63. The molecule has 2 rings (SSSR count). The van der Waals surface area contributed by atoms with Crippen LogP contribution in [0.5, 0.6) is 5.75 Å². The van der Waals surface area contributed by atoms with Crippen LogP contribution < -0.4 is 15.4 Å². The highest BCUT2D eigenvalue weighted by molar-refractivity contribution is 7.98. The molecule has 0 heterocycles. The number of hydrogen-bond acceptors (Lipinski definition) is 4. The van der Waals surface area contributed by atoms with E-state index in [0.717, 1.165) is 4.90 Å². The quantitative estimate of drug-likeness (QED) is 0.757. The number of carbonyl (C=O) groups excluding carboxylic acids is 2. The zero-order valence-electron chi connectivity index (χ0n) is 13.7.